The van der Waals surface area contributed by atoms with E-state index in [9.17, 15) is 9.90 Å². The molecule has 1 saturated heterocycles. The molecule has 1 aliphatic rings. The molecule has 2 unspecified atom stereocenters. The Morgan fingerprint density at radius 2 is 2.08 bits per heavy atom. The van der Waals surface area contributed by atoms with Crippen molar-refractivity contribution in [3.05, 3.63) is 64.7 Å². The van der Waals surface area contributed by atoms with E-state index in [1.165, 1.54) is 0 Å². The van der Waals surface area contributed by atoms with E-state index in [1.54, 1.807) is 7.11 Å². The van der Waals surface area contributed by atoms with Gasteiger partial charge in [0.15, 0.2) is 0 Å². The molecule has 0 radical (unpaired) electrons. The summed E-state index contributed by atoms with van der Waals surface area (Å²) in [7, 11) is 1.66. The first kappa shape index (κ1) is 17.8. The van der Waals surface area contributed by atoms with Gasteiger partial charge in [0.1, 0.15) is 5.75 Å². The van der Waals surface area contributed by atoms with Gasteiger partial charge in [0.25, 0.3) is 0 Å². The fourth-order valence-electron chi connectivity index (χ4n) is 3.60. The van der Waals surface area contributed by atoms with Crippen LogP contribution in [0.2, 0.25) is 5.02 Å². The number of methoxy groups -OCH3 is 1. The van der Waals surface area contributed by atoms with Crippen LogP contribution in [0.15, 0.2) is 48.5 Å². The Hall–Kier alpha value is -2.04. The molecule has 0 amide bonds. The summed E-state index contributed by atoms with van der Waals surface area (Å²) in [5.41, 5.74) is 2.07. The quantitative estimate of drug-likeness (QED) is 0.867. The number of hydrogen-bond acceptors (Lipinski definition) is 3. The molecule has 25 heavy (non-hydrogen) atoms. The summed E-state index contributed by atoms with van der Waals surface area (Å²) in [5.74, 6) is -0.273. The van der Waals surface area contributed by atoms with Crippen molar-refractivity contribution < 1.29 is 14.6 Å². The maximum absolute atomic E-state index is 11.5. The van der Waals surface area contributed by atoms with Gasteiger partial charge in [-0.15, -0.1) is 0 Å². The average molecular weight is 360 g/mol. The second-order valence-electron chi connectivity index (χ2n) is 6.37. The third-order valence-corrected chi connectivity index (χ3v) is 5.00. The van der Waals surface area contributed by atoms with Crippen LogP contribution < -0.4 is 4.74 Å². The predicted molar refractivity (Wildman–Crippen MR) is 98.2 cm³/mol. The van der Waals surface area contributed by atoms with Gasteiger partial charge in [-0.1, -0.05) is 41.9 Å². The molecular formula is C20H22ClNO3. The number of nitrogens with zero attached hydrogens (tertiary/aromatic N) is 1. The zero-order valence-corrected chi connectivity index (χ0v) is 14.9. The van der Waals surface area contributed by atoms with Crippen LogP contribution >= 0.6 is 11.6 Å². The third kappa shape index (κ3) is 3.97. The zero-order valence-electron chi connectivity index (χ0n) is 14.2. The van der Waals surface area contributed by atoms with Gasteiger partial charge in [-0.2, -0.15) is 0 Å². The Balaban J connectivity index is 2.04. The van der Waals surface area contributed by atoms with Gasteiger partial charge in [0, 0.05) is 17.1 Å². The molecule has 1 aliphatic heterocycles. The highest BCUT2D eigenvalue weighted by Gasteiger charge is 2.32. The minimum absolute atomic E-state index is 0.0861. The number of benzene rings is 2. The largest absolute Gasteiger partial charge is 0.496 e. The van der Waals surface area contributed by atoms with Crippen molar-refractivity contribution >= 4 is 17.6 Å². The Labute approximate surface area is 153 Å². The van der Waals surface area contributed by atoms with E-state index >= 15 is 0 Å². The second kappa shape index (κ2) is 7.89. The highest BCUT2D eigenvalue weighted by Crippen LogP contribution is 2.37. The molecule has 5 heteroatoms. The third-order valence-electron chi connectivity index (χ3n) is 4.77. The first-order chi connectivity index (χ1) is 12.1. The molecule has 2 aromatic rings. The van der Waals surface area contributed by atoms with E-state index < -0.39 is 5.97 Å². The van der Waals surface area contributed by atoms with E-state index in [0.717, 1.165) is 36.3 Å². The van der Waals surface area contributed by atoms with Crippen LogP contribution in [-0.2, 0) is 4.79 Å². The number of piperidine rings is 1. The van der Waals surface area contributed by atoms with Crippen molar-refractivity contribution in [1.82, 2.24) is 4.90 Å². The number of para-hydroxylation sites is 1. The topological polar surface area (TPSA) is 49.8 Å². The summed E-state index contributed by atoms with van der Waals surface area (Å²) in [6, 6.07) is 15.6. The van der Waals surface area contributed by atoms with Gasteiger partial charge in [-0.25, -0.2) is 0 Å². The highest BCUT2D eigenvalue weighted by atomic mass is 35.5. The Morgan fingerprint density at radius 3 is 2.80 bits per heavy atom. The van der Waals surface area contributed by atoms with Gasteiger partial charge in [0.05, 0.1) is 19.1 Å². The van der Waals surface area contributed by atoms with Crippen molar-refractivity contribution in [2.24, 2.45) is 5.92 Å². The molecule has 3 rings (SSSR count). The number of carbonyl (C=O) groups is 1. The second-order valence-corrected chi connectivity index (χ2v) is 6.81. The van der Waals surface area contributed by atoms with Crippen LogP contribution in [0.4, 0.5) is 0 Å². The number of ether oxygens (including phenoxy) is 1. The lowest BCUT2D eigenvalue weighted by Gasteiger charge is -2.38. The molecule has 0 aliphatic carbocycles. The monoisotopic (exact) mass is 359 g/mol. The molecule has 2 aromatic carbocycles. The lowest BCUT2D eigenvalue weighted by molar-refractivity contribution is -0.143. The minimum Gasteiger partial charge on any atom is -0.496 e. The molecule has 0 saturated carbocycles. The van der Waals surface area contributed by atoms with Gasteiger partial charge in [-0.3, -0.25) is 9.69 Å². The molecule has 2 atom stereocenters. The predicted octanol–water partition coefficient (Wildman–Crippen LogP) is 4.23. The van der Waals surface area contributed by atoms with Crippen LogP contribution in [0.1, 0.15) is 30.0 Å². The smallest absolute Gasteiger partial charge is 0.307 e. The van der Waals surface area contributed by atoms with Crippen molar-refractivity contribution in [3.8, 4) is 5.75 Å². The van der Waals surface area contributed by atoms with Crippen LogP contribution in [0.5, 0.6) is 5.75 Å². The van der Waals surface area contributed by atoms with E-state index in [-0.39, 0.29) is 12.0 Å². The molecule has 4 nitrogen and oxygen atoms in total. The maximum atomic E-state index is 11.5. The van der Waals surface area contributed by atoms with Gasteiger partial charge >= 0.3 is 5.97 Å². The van der Waals surface area contributed by atoms with Crippen molar-refractivity contribution in [3.63, 3.8) is 0 Å². The zero-order chi connectivity index (χ0) is 17.8. The van der Waals surface area contributed by atoms with Gasteiger partial charge < -0.3 is 9.84 Å². The molecule has 0 spiro atoms. The van der Waals surface area contributed by atoms with Crippen LogP contribution in [-0.4, -0.2) is 36.2 Å². The Bertz CT molecular complexity index is 749. The molecule has 1 heterocycles. The van der Waals surface area contributed by atoms with Crippen LogP contribution in [0, 0.1) is 5.92 Å². The number of aliphatic carboxylic acids is 1. The summed E-state index contributed by atoms with van der Waals surface area (Å²) in [4.78, 5) is 13.7. The number of rotatable bonds is 5. The maximum Gasteiger partial charge on any atom is 0.307 e. The van der Waals surface area contributed by atoms with Crippen LogP contribution in [0.25, 0.3) is 0 Å². The molecule has 1 N–H and O–H groups in total. The van der Waals surface area contributed by atoms with Crippen LogP contribution in [0.3, 0.4) is 0 Å². The number of carboxylic acids is 1. The van der Waals surface area contributed by atoms with Crippen molar-refractivity contribution in [1.29, 1.82) is 0 Å². The molecule has 1 fully saturated rings. The SMILES string of the molecule is COc1ccccc1C(c1cccc(Cl)c1)N1CCCC(C(=O)O)C1. The summed E-state index contributed by atoms with van der Waals surface area (Å²) in [6.45, 7) is 1.36. The summed E-state index contributed by atoms with van der Waals surface area (Å²) >= 11 is 6.22. The van der Waals surface area contributed by atoms with Crippen molar-refractivity contribution in [2.75, 3.05) is 20.2 Å². The summed E-state index contributed by atoms with van der Waals surface area (Å²) in [5, 5.41) is 10.1. The Morgan fingerprint density at radius 1 is 1.28 bits per heavy atom. The van der Waals surface area contributed by atoms with Crippen molar-refractivity contribution in [2.45, 2.75) is 18.9 Å². The molecule has 132 valence electrons. The highest BCUT2D eigenvalue weighted by molar-refractivity contribution is 6.30. The van der Waals surface area contributed by atoms with E-state index in [0.29, 0.717) is 11.6 Å². The standard InChI is InChI=1S/C20H22ClNO3/c1-25-18-10-3-2-9-17(18)19(14-6-4-8-16(21)12-14)22-11-5-7-15(13-22)20(23)24/h2-4,6,8-10,12,15,19H,5,7,11,13H2,1H3,(H,23,24). The normalized spacial score (nSPS) is 19.4. The Kier molecular flexibility index (Phi) is 5.61. The first-order valence-electron chi connectivity index (χ1n) is 8.45. The first-order valence-corrected chi connectivity index (χ1v) is 8.83. The number of hydrogen-bond donors (Lipinski definition) is 1. The molecular weight excluding hydrogens is 338 g/mol. The van der Waals surface area contributed by atoms with Gasteiger partial charge in [-0.05, 0) is 43.1 Å². The number of carboxylic acid groups (broad SMARTS) is 1. The molecule has 0 bridgehead atoms. The lowest BCUT2D eigenvalue weighted by atomic mass is 9.91. The fourth-order valence-corrected chi connectivity index (χ4v) is 3.80. The summed E-state index contributed by atoms with van der Waals surface area (Å²) in [6.07, 6.45) is 1.59. The van der Waals surface area contributed by atoms with E-state index in [4.69, 9.17) is 16.3 Å². The average Bonchev–Trinajstić information content (AvgIpc) is 2.63. The molecule has 0 aromatic heterocycles. The fraction of sp³-hybridized carbons (Fsp3) is 0.350. The minimum atomic E-state index is -0.727. The number of likely N-dealkylation sites (tertiary alicyclic amines) is 1. The van der Waals surface area contributed by atoms with E-state index in [2.05, 4.69) is 4.90 Å². The summed E-state index contributed by atoms with van der Waals surface area (Å²) < 4.78 is 5.57. The number of halogens is 1. The lowest BCUT2D eigenvalue weighted by Crippen LogP contribution is -2.41. The van der Waals surface area contributed by atoms with Gasteiger partial charge in [0.2, 0.25) is 0 Å². The van der Waals surface area contributed by atoms with E-state index in [1.807, 2.05) is 48.5 Å².